The predicted octanol–water partition coefficient (Wildman–Crippen LogP) is 13.0. The fraction of sp³-hybridized carbons (Fsp3) is 0.214. The van der Waals surface area contributed by atoms with Crippen LogP contribution in [0, 0.1) is 11.8 Å². The molecular formula is C56H46N2O. The average Bonchev–Trinajstić information content (AvgIpc) is 3.72. The fourth-order valence-electron chi connectivity index (χ4n) is 11.9. The van der Waals surface area contributed by atoms with Crippen LogP contribution in [0.1, 0.15) is 84.0 Å². The molecule has 6 aliphatic rings. The van der Waals surface area contributed by atoms with Crippen molar-refractivity contribution in [3.63, 3.8) is 0 Å². The number of hydrogen-bond acceptors (Lipinski definition) is 3. The lowest BCUT2D eigenvalue weighted by molar-refractivity contribution is 0.0841. The van der Waals surface area contributed by atoms with E-state index in [2.05, 4.69) is 190 Å². The van der Waals surface area contributed by atoms with Crippen molar-refractivity contribution in [3.05, 3.63) is 221 Å². The van der Waals surface area contributed by atoms with Gasteiger partial charge in [0.2, 0.25) is 0 Å². The average molecular weight is 763 g/mol. The summed E-state index contributed by atoms with van der Waals surface area (Å²) >= 11 is 0. The number of benzene rings is 5. The van der Waals surface area contributed by atoms with Gasteiger partial charge in [0.05, 0.1) is 16.8 Å². The Kier molecular flexibility index (Phi) is 7.70. The molecule has 0 saturated carbocycles. The van der Waals surface area contributed by atoms with Crippen molar-refractivity contribution in [1.29, 1.82) is 0 Å². The van der Waals surface area contributed by atoms with Gasteiger partial charge in [-0.1, -0.05) is 172 Å². The maximum absolute atomic E-state index is 7.07. The molecule has 6 atom stereocenters. The Labute approximate surface area is 347 Å². The summed E-state index contributed by atoms with van der Waals surface area (Å²) in [7, 11) is 0. The lowest BCUT2D eigenvalue weighted by Gasteiger charge is -2.50. The summed E-state index contributed by atoms with van der Waals surface area (Å²) < 4.78 is 7.07. The van der Waals surface area contributed by atoms with Gasteiger partial charge in [0.25, 0.3) is 0 Å². The first-order valence-electron chi connectivity index (χ1n) is 21.5. The molecule has 59 heavy (non-hydrogen) atoms. The number of para-hydroxylation sites is 1. The third-order valence-corrected chi connectivity index (χ3v) is 14.6. The molecule has 0 bridgehead atoms. The Morgan fingerprint density at radius 2 is 1.41 bits per heavy atom. The minimum atomic E-state index is -0.236. The van der Waals surface area contributed by atoms with E-state index in [0.717, 1.165) is 58.9 Å². The van der Waals surface area contributed by atoms with E-state index in [1.54, 1.807) is 5.57 Å². The highest BCUT2D eigenvalue weighted by molar-refractivity contribution is 5.90. The Balaban J connectivity index is 0.931. The summed E-state index contributed by atoms with van der Waals surface area (Å²) in [6.07, 6.45) is 20.0. The number of allylic oxidation sites excluding steroid dienone is 9. The predicted molar refractivity (Wildman–Crippen MR) is 239 cm³/mol. The lowest BCUT2D eigenvalue weighted by atomic mass is 9.57. The van der Waals surface area contributed by atoms with Gasteiger partial charge in [0, 0.05) is 34.4 Å². The van der Waals surface area contributed by atoms with Gasteiger partial charge in [-0.05, 0) is 93.3 Å². The monoisotopic (exact) mass is 762 g/mol. The zero-order valence-electron chi connectivity index (χ0n) is 33.6. The van der Waals surface area contributed by atoms with Crippen molar-refractivity contribution in [2.75, 3.05) is 0 Å². The topological polar surface area (TPSA) is 35.0 Å². The molecule has 1 aliphatic heterocycles. The van der Waals surface area contributed by atoms with Gasteiger partial charge >= 0.3 is 0 Å². The molecule has 6 unspecified atom stereocenters. The minimum Gasteiger partial charge on any atom is -0.489 e. The Bertz CT molecular complexity index is 2850. The Morgan fingerprint density at radius 3 is 2.31 bits per heavy atom. The first-order valence-corrected chi connectivity index (χ1v) is 21.5. The summed E-state index contributed by atoms with van der Waals surface area (Å²) in [5.41, 5.74) is 16.2. The van der Waals surface area contributed by atoms with Crippen molar-refractivity contribution >= 4 is 11.1 Å². The van der Waals surface area contributed by atoms with E-state index in [9.17, 15) is 0 Å². The molecule has 6 aromatic rings. The van der Waals surface area contributed by atoms with E-state index in [1.165, 1.54) is 39.0 Å². The maximum Gasteiger partial charge on any atom is 0.160 e. The highest BCUT2D eigenvalue weighted by Gasteiger charge is 2.57. The van der Waals surface area contributed by atoms with Gasteiger partial charge in [-0.2, -0.15) is 0 Å². The first kappa shape index (κ1) is 34.7. The highest BCUT2D eigenvalue weighted by atomic mass is 16.5. The van der Waals surface area contributed by atoms with Crippen LogP contribution in [0.3, 0.4) is 0 Å². The van der Waals surface area contributed by atoms with E-state index >= 15 is 0 Å². The molecule has 12 rings (SSSR count). The van der Waals surface area contributed by atoms with E-state index in [-0.39, 0.29) is 28.8 Å². The molecule has 0 N–H and O–H groups in total. The van der Waals surface area contributed by atoms with Crippen LogP contribution in [-0.2, 0) is 10.8 Å². The zero-order valence-corrected chi connectivity index (χ0v) is 33.6. The van der Waals surface area contributed by atoms with Crippen LogP contribution in [0.5, 0.6) is 5.75 Å². The van der Waals surface area contributed by atoms with Crippen LogP contribution >= 0.6 is 0 Å². The fourth-order valence-corrected chi connectivity index (χ4v) is 11.9. The number of fused-ring (bicyclic) bond motifs is 11. The summed E-state index contributed by atoms with van der Waals surface area (Å²) in [6.45, 7) is 4.78. The third-order valence-electron chi connectivity index (χ3n) is 14.6. The van der Waals surface area contributed by atoms with Crippen molar-refractivity contribution in [1.82, 2.24) is 9.97 Å². The normalized spacial score (nSPS) is 26.3. The molecular weight excluding hydrogens is 717 g/mol. The molecule has 0 fully saturated rings. The van der Waals surface area contributed by atoms with Gasteiger partial charge in [-0.3, -0.25) is 0 Å². The largest absolute Gasteiger partial charge is 0.489 e. The number of nitrogens with zero attached hydrogens (tertiary/aromatic N) is 2. The number of rotatable bonds is 4. The van der Waals surface area contributed by atoms with E-state index in [0.29, 0.717) is 11.8 Å². The van der Waals surface area contributed by atoms with Gasteiger partial charge < -0.3 is 4.74 Å². The molecule has 0 radical (unpaired) electrons. The Morgan fingerprint density at radius 1 is 0.644 bits per heavy atom. The first-order chi connectivity index (χ1) is 29.0. The van der Waals surface area contributed by atoms with Crippen molar-refractivity contribution < 1.29 is 4.74 Å². The minimum absolute atomic E-state index is 0.0217. The van der Waals surface area contributed by atoms with Gasteiger partial charge in [-0.25, -0.2) is 9.97 Å². The lowest BCUT2D eigenvalue weighted by Crippen LogP contribution is -2.50. The van der Waals surface area contributed by atoms with Crippen LogP contribution in [0.15, 0.2) is 182 Å². The smallest absolute Gasteiger partial charge is 0.160 e. The zero-order chi connectivity index (χ0) is 39.3. The van der Waals surface area contributed by atoms with Gasteiger partial charge in [0.1, 0.15) is 11.9 Å². The highest BCUT2D eigenvalue weighted by Crippen LogP contribution is 2.63. The van der Waals surface area contributed by atoms with Crippen LogP contribution < -0.4 is 4.74 Å². The number of aromatic nitrogens is 2. The van der Waals surface area contributed by atoms with E-state index in [4.69, 9.17) is 14.7 Å². The van der Waals surface area contributed by atoms with Crippen LogP contribution in [-0.4, -0.2) is 16.1 Å². The molecule has 3 heteroatoms. The second-order valence-corrected chi connectivity index (χ2v) is 17.9. The number of hydrogen-bond donors (Lipinski definition) is 0. The summed E-state index contributed by atoms with van der Waals surface area (Å²) in [5.74, 6) is 2.89. The Hall–Kier alpha value is -6.32. The standard InChI is InChI=1S/C56H46N2O/c1-55(2)44-22-9-6-19-40(44)43-29-27-38(32-49(43)55)51-34-50(35-15-4-3-5-16-35)57-54(58-51)39-18-14-17-36(31-39)37-28-30-48-53(33-37)59-52-26-13-12-25-47(52)56(48)45-23-10-7-20-41(45)42-21-8-11-24-46(42)56/h3-10,12-23,25-32,34,37,43,48-49,53H,11,24,33H2,1-2H3. The van der Waals surface area contributed by atoms with E-state index in [1.807, 2.05) is 0 Å². The molecule has 1 aromatic heterocycles. The van der Waals surface area contributed by atoms with Crippen LogP contribution in [0.2, 0.25) is 0 Å². The molecule has 3 nitrogen and oxygen atoms in total. The summed E-state index contributed by atoms with van der Waals surface area (Å²) in [4.78, 5) is 10.6. The van der Waals surface area contributed by atoms with Crippen molar-refractivity contribution in [3.8, 4) is 28.4 Å². The molecule has 1 spiro atoms. The van der Waals surface area contributed by atoms with Crippen molar-refractivity contribution in [2.45, 2.75) is 61.9 Å². The second kappa shape index (κ2) is 13.1. The summed E-state index contributed by atoms with van der Waals surface area (Å²) in [5, 5.41) is 0. The second-order valence-electron chi connectivity index (χ2n) is 17.9. The third kappa shape index (κ3) is 5.13. The number of ether oxygens (including phenoxy) is 1. The molecule has 5 aromatic carbocycles. The van der Waals surface area contributed by atoms with Crippen LogP contribution in [0.25, 0.3) is 33.8 Å². The van der Waals surface area contributed by atoms with Gasteiger partial charge in [-0.15, -0.1) is 0 Å². The quantitative estimate of drug-likeness (QED) is 0.168. The van der Waals surface area contributed by atoms with E-state index < -0.39 is 0 Å². The van der Waals surface area contributed by atoms with Crippen LogP contribution in [0.4, 0.5) is 0 Å². The van der Waals surface area contributed by atoms with Crippen molar-refractivity contribution in [2.24, 2.45) is 11.8 Å². The SMILES string of the molecule is CC1(C)c2ccccc2C2C=CC(c3cc(-c4ccccc4)nc(-c4cccc(C5C=CC6C(C5)Oc5ccccc5C65C6=C(C=CCC6)c6ccccc65)c4)n3)=CC21. The maximum atomic E-state index is 7.07. The summed E-state index contributed by atoms with van der Waals surface area (Å²) in [6, 6.07) is 48.6. The molecule has 0 amide bonds. The molecule has 2 heterocycles. The molecule has 286 valence electrons. The molecule has 0 saturated heterocycles. The molecule has 5 aliphatic carbocycles. The van der Waals surface area contributed by atoms with Gasteiger partial charge in [0.15, 0.2) is 5.82 Å².